The van der Waals surface area contributed by atoms with Crippen LogP contribution in [0.4, 0.5) is 0 Å². The van der Waals surface area contributed by atoms with Crippen LogP contribution >= 0.6 is 0 Å². The number of carbonyl (C=O) groups excluding carboxylic acids is 3. The van der Waals surface area contributed by atoms with Crippen molar-refractivity contribution in [2.24, 2.45) is 5.92 Å². The van der Waals surface area contributed by atoms with Crippen LogP contribution in [-0.2, 0) is 31.0 Å². The lowest BCUT2D eigenvalue weighted by Gasteiger charge is -2.65. The molecular formula is C36H42N2O6. The Morgan fingerprint density at radius 3 is 2.57 bits per heavy atom. The number of ether oxygens (including phenoxy) is 3. The van der Waals surface area contributed by atoms with Gasteiger partial charge in [0, 0.05) is 45.1 Å². The van der Waals surface area contributed by atoms with Crippen molar-refractivity contribution in [3.05, 3.63) is 77.9 Å². The van der Waals surface area contributed by atoms with Crippen molar-refractivity contribution in [1.29, 1.82) is 0 Å². The molecule has 1 saturated carbocycles. The molecule has 8 heteroatoms. The van der Waals surface area contributed by atoms with Crippen LogP contribution in [-0.4, -0.2) is 71.1 Å². The number of likely N-dealkylation sites (tertiary alicyclic amines) is 1. The van der Waals surface area contributed by atoms with Gasteiger partial charge in [0.15, 0.2) is 11.5 Å². The van der Waals surface area contributed by atoms with Crippen LogP contribution in [0.5, 0.6) is 11.5 Å². The standard InChI is InChI=1S/C36H42N2O6/c1-6-19-37-20-18-35-32-27-13-14-29(42-24(4)39)33(32)43-34(35)28(16-17-36(35,30(37)21-27)44-25(5)40)38(22-23(2)3)31(41)15-12-26-10-8-7-9-11-26/h6-15,23,28,30,34H,1,16-22H2,2-5H3/t28?,30-,34?,35+,36-/m1/s1. The number of hydrogen-bond acceptors (Lipinski definition) is 7. The fourth-order valence-corrected chi connectivity index (χ4v) is 8.58. The summed E-state index contributed by atoms with van der Waals surface area (Å²) in [6.07, 6.45) is 7.42. The summed E-state index contributed by atoms with van der Waals surface area (Å²) in [5.74, 6) is 0.274. The number of esters is 2. The third kappa shape index (κ3) is 4.74. The smallest absolute Gasteiger partial charge is 0.308 e. The van der Waals surface area contributed by atoms with E-state index in [1.54, 1.807) is 6.08 Å². The molecule has 2 unspecified atom stereocenters. The molecule has 1 amide bonds. The van der Waals surface area contributed by atoms with E-state index in [0.29, 0.717) is 50.3 Å². The fourth-order valence-electron chi connectivity index (χ4n) is 8.58. The highest BCUT2D eigenvalue weighted by molar-refractivity contribution is 5.92. The summed E-state index contributed by atoms with van der Waals surface area (Å²) in [6.45, 7) is 13.1. The monoisotopic (exact) mass is 598 g/mol. The highest BCUT2D eigenvalue weighted by Crippen LogP contribution is 2.67. The van der Waals surface area contributed by atoms with Crippen molar-refractivity contribution in [1.82, 2.24) is 9.80 Å². The molecule has 0 radical (unpaired) electrons. The van der Waals surface area contributed by atoms with Crippen LogP contribution in [0.3, 0.4) is 0 Å². The van der Waals surface area contributed by atoms with Crippen molar-refractivity contribution in [2.75, 3.05) is 19.6 Å². The zero-order chi connectivity index (χ0) is 31.2. The van der Waals surface area contributed by atoms with Crippen molar-refractivity contribution in [3.63, 3.8) is 0 Å². The van der Waals surface area contributed by atoms with Crippen molar-refractivity contribution < 1.29 is 28.6 Å². The molecule has 232 valence electrons. The summed E-state index contributed by atoms with van der Waals surface area (Å²) in [6, 6.07) is 13.2. The number of nitrogens with zero attached hydrogens (tertiary/aromatic N) is 2. The van der Waals surface area contributed by atoms with Crippen LogP contribution in [0, 0.1) is 5.92 Å². The summed E-state index contributed by atoms with van der Waals surface area (Å²) >= 11 is 0. The molecule has 0 N–H and O–H groups in total. The van der Waals surface area contributed by atoms with Gasteiger partial charge >= 0.3 is 11.9 Å². The SMILES string of the molecule is C=CCN1CC[C@]23c4c5ccc(OC(C)=O)c4OC2C(N(CC(C)C)C(=O)C=Cc2ccccc2)CC[C@@]3(OC(C)=O)[C@H]1C5. The molecule has 2 aliphatic heterocycles. The van der Waals surface area contributed by atoms with E-state index in [4.69, 9.17) is 14.2 Å². The zero-order valence-electron chi connectivity index (χ0n) is 26.1. The highest BCUT2D eigenvalue weighted by atomic mass is 16.6. The number of piperidine rings is 1. The Hall–Kier alpha value is -3.91. The van der Waals surface area contributed by atoms with Crippen LogP contribution in [0.1, 0.15) is 63.6 Å². The summed E-state index contributed by atoms with van der Waals surface area (Å²) in [5.41, 5.74) is 1.43. The van der Waals surface area contributed by atoms with E-state index in [1.165, 1.54) is 13.8 Å². The van der Waals surface area contributed by atoms with E-state index in [1.807, 2.05) is 59.5 Å². The maximum Gasteiger partial charge on any atom is 0.308 e. The first-order valence-electron chi connectivity index (χ1n) is 15.7. The minimum absolute atomic E-state index is 0.0830. The Kier molecular flexibility index (Phi) is 7.91. The van der Waals surface area contributed by atoms with Gasteiger partial charge in [-0.3, -0.25) is 19.3 Å². The summed E-state index contributed by atoms with van der Waals surface area (Å²) < 4.78 is 19.2. The number of amides is 1. The van der Waals surface area contributed by atoms with Gasteiger partial charge in [-0.25, -0.2) is 0 Å². The van der Waals surface area contributed by atoms with Crippen LogP contribution < -0.4 is 9.47 Å². The van der Waals surface area contributed by atoms with E-state index in [9.17, 15) is 14.4 Å². The lowest BCUT2D eigenvalue weighted by atomic mass is 9.48. The molecule has 1 spiro atoms. The molecule has 8 nitrogen and oxygen atoms in total. The van der Waals surface area contributed by atoms with Gasteiger partial charge < -0.3 is 19.1 Å². The first-order chi connectivity index (χ1) is 21.1. The molecule has 4 aliphatic rings. The summed E-state index contributed by atoms with van der Waals surface area (Å²) in [4.78, 5) is 43.5. The van der Waals surface area contributed by atoms with E-state index in [-0.39, 0.29) is 29.9 Å². The average molecular weight is 599 g/mol. The van der Waals surface area contributed by atoms with Gasteiger partial charge in [0.25, 0.3) is 0 Å². The van der Waals surface area contributed by atoms with Gasteiger partial charge in [-0.05, 0) is 54.9 Å². The molecule has 5 atom stereocenters. The zero-order valence-corrected chi connectivity index (χ0v) is 26.1. The second kappa shape index (κ2) is 11.5. The molecule has 2 aromatic rings. The van der Waals surface area contributed by atoms with Gasteiger partial charge in [0.2, 0.25) is 5.91 Å². The third-order valence-electron chi connectivity index (χ3n) is 9.89. The Bertz CT molecular complexity index is 1500. The molecule has 6 rings (SSSR count). The maximum atomic E-state index is 14.1. The van der Waals surface area contributed by atoms with Crippen molar-refractivity contribution in [2.45, 2.75) is 82.6 Å². The normalized spacial score (nSPS) is 28.2. The van der Waals surface area contributed by atoms with Gasteiger partial charge in [-0.15, -0.1) is 6.58 Å². The Labute approximate surface area is 259 Å². The molecule has 44 heavy (non-hydrogen) atoms. The maximum absolute atomic E-state index is 14.1. The van der Waals surface area contributed by atoms with Gasteiger partial charge in [0.05, 0.1) is 17.5 Å². The molecule has 2 bridgehead atoms. The molecule has 2 aromatic carbocycles. The Morgan fingerprint density at radius 2 is 1.89 bits per heavy atom. The summed E-state index contributed by atoms with van der Waals surface area (Å²) in [7, 11) is 0. The minimum Gasteiger partial charge on any atom is -0.483 e. The van der Waals surface area contributed by atoms with E-state index >= 15 is 0 Å². The van der Waals surface area contributed by atoms with Crippen LogP contribution in [0.25, 0.3) is 6.08 Å². The van der Waals surface area contributed by atoms with Crippen LogP contribution in [0.2, 0.25) is 0 Å². The summed E-state index contributed by atoms with van der Waals surface area (Å²) in [5, 5.41) is 0. The van der Waals surface area contributed by atoms with E-state index in [2.05, 4.69) is 25.3 Å². The number of hydrogen-bond donors (Lipinski definition) is 0. The molecular weight excluding hydrogens is 556 g/mol. The van der Waals surface area contributed by atoms with E-state index in [0.717, 1.165) is 23.2 Å². The largest absolute Gasteiger partial charge is 0.483 e. The molecule has 1 saturated heterocycles. The third-order valence-corrected chi connectivity index (χ3v) is 9.89. The number of carbonyl (C=O) groups is 3. The molecule has 0 aromatic heterocycles. The minimum atomic E-state index is -0.874. The van der Waals surface area contributed by atoms with E-state index < -0.39 is 23.1 Å². The Balaban J connectivity index is 1.51. The van der Waals surface area contributed by atoms with Crippen molar-refractivity contribution in [3.8, 4) is 11.5 Å². The first-order valence-corrected chi connectivity index (χ1v) is 15.7. The topological polar surface area (TPSA) is 85.4 Å². The fraction of sp³-hybridized carbons (Fsp3) is 0.472. The highest BCUT2D eigenvalue weighted by Gasteiger charge is 2.75. The quantitative estimate of drug-likeness (QED) is 0.172. The first kappa shape index (κ1) is 30.1. The lowest BCUT2D eigenvalue weighted by molar-refractivity contribution is -0.223. The van der Waals surface area contributed by atoms with Crippen LogP contribution in [0.15, 0.2) is 61.2 Å². The van der Waals surface area contributed by atoms with Gasteiger partial charge in [-0.1, -0.05) is 56.3 Å². The van der Waals surface area contributed by atoms with Gasteiger partial charge in [0.1, 0.15) is 11.7 Å². The average Bonchev–Trinajstić information content (AvgIpc) is 3.33. The predicted molar refractivity (Wildman–Crippen MR) is 167 cm³/mol. The Morgan fingerprint density at radius 1 is 1.11 bits per heavy atom. The van der Waals surface area contributed by atoms with Gasteiger partial charge in [-0.2, -0.15) is 0 Å². The molecule has 2 aliphatic carbocycles. The second-order valence-electron chi connectivity index (χ2n) is 13.0. The molecule has 2 heterocycles. The number of benzene rings is 2. The lowest BCUT2D eigenvalue weighted by Crippen LogP contribution is -2.79. The predicted octanol–water partition coefficient (Wildman–Crippen LogP) is 5.09. The second-order valence-corrected chi connectivity index (χ2v) is 13.0. The van der Waals surface area contributed by atoms with Crippen molar-refractivity contribution >= 4 is 23.9 Å². The molecule has 2 fully saturated rings. The number of rotatable bonds is 9.